The Morgan fingerprint density at radius 2 is 1.79 bits per heavy atom. The molecule has 0 radical (unpaired) electrons. The van der Waals surface area contributed by atoms with Crippen molar-refractivity contribution >= 4 is 34.7 Å². The third kappa shape index (κ3) is 4.57. The van der Waals surface area contributed by atoms with Gasteiger partial charge in [-0.05, 0) is 61.0 Å². The molecule has 0 aliphatic carbocycles. The summed E-state index contributed by atoms with van der Waals surface area (Å²) in [7, 11) is 0. The van der Waals surface area contributed by atoms with Gasteiger partial charge in [-0.15, -0.1) is 0 Å². The predicted molar refractivity (Wildman–Crippen MR) is 113 cm³/mol. The highest BCUT2D eigenvalue weighted by Crippen LogP contribution is 2.37. The zero-order valence-corrected chi connectivity index (χ0v) is 16.8. The van der Waals surface area contributed by atoms with E-state index in [4.69, 9.17) is 9.47 Å². The highest BCUT2D eigenvalue weighted by atomic mass is 32.2. The first-order chi connectivity index (χ1) is 13.6. The van der Waals surface area contributed by atoms with E-state index in [1.54, 1.807) is 30.3 Å². The molecule has 5 nitrogen and oxygen atoms in total. The maximum absolute atomic E-state index is 12.7. The summed E-state index contributed by atoms with van der Waals surface area (Å²) in [6.07, 6.45) is 3.74. The number of imide groups is 1. The standard InChI is InChI=1S/C22H23NO4S/c1-3-5-13-27-18-12-11-16(14-19(18)26-4-2)15-20-21(24)23(22(25)28-20)17-9-7-6-8-10-17/h6-12,14-15H,3-5,13H2,1-2H3/b20-15+. The van der Waals surface area contributed by atoms with Crippen LogP contribution in [0.3, 0.4) is 0 Å². The van der Waals surface area contributed by atoms with Crippen molar-refractivity contribution in [2.45, 2.75) is 26.7 Å². The SMILES string of the molecule is CCCCOc1ccc(/C=C2/SC(=O)N(c3ccccc3)C2=O)cc1OCC. The van der Waals surface area contributed by atoms with Gasteiger partial charge in [0.15, 0.2) is 11.5 Å². The van der Waals surface area contributed by atoms with E-state index in [0.29, 0.717) is 35.3 Å². The summed E-state index contributed by atoms with van der Waals surface area (Å²) in [5.74, 6) is 1.00. The molecule has 2 aromatic carbocycles. The fourth-order valence-corrected chi connectivity index (χ4v) is 3.59. The van der Waals surface area contributed by atoms with Crippen LogP contribution in [-0.4, -0.2) is 24.4 Å². The van der Waals surface area contributed by atoms with E-state index in [-0.39, 0.29) is 11.1 Å². The van der Waals surface area contributed by atoms with Crippen LogP contribution in [0.25, 0.3) is 6.08 Å². The summed E-state index contributed by atoms with van der Waals surface area (Å²) in [6, 6.07) is 14.5. The van der Waals surface area contributed by atoms with Gasteiger partial charge < -0.3 is 9.47 Å². The minimum Gasteiger partial charge on any atom is -0.490 e. The smallest absolute Gasteiger partial charge is 0.298 e. The number of para-hydroxylation sites is 1. The van der Waals surface area contributed by atoms with E-state index < -0.39 is 0 Å². The number of carbonyl (C=O) groups is 2. The van der Waals surface area contributed by atoms with Gasteiger partial charge in [0.25, 0.3) is 11.1 Å². The topological polar surface area (TPSA) is 55.8 Å². The van der Waals surface area contributed by atoms with Gasteiger partial charge in [-0.1, -0.05) is 37.6 Å². The summed E-state index contributed by atoms with van der Waals surface area (Å²) in [6.45, 7) is 5.16. The molecule has 0 spiro atoms. The van der Waals surface area contributed by atoms with Gasteiger partial charge in [-0.25, -0.2) is 4.90 Å². The molecule has 28 heavy (non-hydrogen) atoms. The average Bonchev–Trinajstić information content (AvgIpc) is 2.97. The fraction of sp³-hybridized carbons (Fsp3) is 0.273. The highest BCUT2D eigenvalue weighted by molar-refractivity contribution is 8.19. The minimum absolute atomic E-state index is 0.299. The molecule has 0 atom stereocenters. The monoisotopic (exact) mass is 397 g/mol. The van der Waals surface area contributed by atoms with Gasteiger partial charge in [0.2, 0.25) is 0 Å². The van der Waals surface area contributed by atoms with E-state index in [1.807, 2.05) is 31.2 Å². The number of amides is 2. The van der Waals surface area contributed by atoms with Crippen LogP contribution >= 0.6 is 11.8 Å². The number of thioether (sulfide) groups is 1. The normalized spacial score (nSPS) is 15.4. The molecule has 1 aliphatic rings. The Morgan fingerprint density at radius 3 is 2.50 bits per heavy atom. The summed E-state index contributed by atoms with van der Waals surface area (Å²) in [5.41, 5.74) is 1.35. The molecule has 1 fully saturated rings. The van der Waals surface area contributed by atoms with Crippen molar-refractivity contribution < 1.29 is 19.1 Å². The van der Waals surface area contributed by atoms with Crippen molar-refractivity contribution in [3.8, 4) is 11.5 Å². The summed E-state index contributed by atoms with van der Waals surface area (Å²) in [5, 5.41) is -0.299. The van der Waals surface area contributed by atoms with E-state index in [9.17, 15) is 9.59 Å². The molecule has 1 heterocycles. The molecule has 0 N–H and O–H groups in total. The number of rotatable bonds is 8. The summed E-state index contributed by atoms with van der Waals surface area (Å²) < 4.78 is 11.5. The first-order valence-electron chi connectivity index (χ1n) is 9.36. The zero-order valence-electron chi connectivity index (χ0n) is 16.0. The number of anilines is 1. The Bertz CT molecular complexity index is 879. The quantitative estimate of drug-likeness (QED) is 0.434. The summed E-state index contributed by atoms with van der Waals surface area (Å²) in [4.78, 5) is 26.7. The molecule has 1 saturated heterocycles. The van der Waals surface area contributed by atoms with Crippen LogP contribution in [0.4, 0.5) is 10.5 Å². The lowest BCUT2D eigenvalue weighted by Gasteiger charge is -2.13. The van der Waals surface area contributed by atoms with Crippen molar-refractivity contribution in [3.05, 3.63) is 59.0 Å². The van der Waals surface area contributed by atoms with Crippen LogP contribution in [-0.2, 0) is 4.79 Å². The molecule has 0 bridgehead atoms. The van der Waals surface area contributed by atoms with Gasteiger partial charge in [0, 0.05) is 0 Å². The first kappa shape index (κ1) is 20.0. The molecule has 146 valence electrons. The molecule has 3 rings (SSSR count). The third-order valence-corrected chi connectivity index (χ3v) is 5.00. The molecule has 0 saturated carbocycles. The second-order valence-electron chi connectivity index (χ2n) is 6.19. The van der Waals surface area contributed by atoms with Gasteiger partial charge in [0.1, 0.15) is 0 Å². The Hall–Kier alpha value is -2.73. The molecule has 0 unspecified atom stereocenters. The van der Waals surface area contributed by atoms with Crippen LogP contribution < -0.4 is 14.4 Å². The minimum atomic E-state index is -0.317. The summed E-state index contributed by atoms with van der Waals surface area (Å²) >= 11 is 0.938. The van der Waals surface area contributed by atoms with E-state index in [2.05, 4.69) is 6.92 Å². The average molecular weight is 397 g/mol. The number of hydrogen-bond donors (Lipinski definition) is 0. The number of carbonyl (C=O) groups excluding carboxylic acids is 2. The maximum Gasteiger partial charge on any atom is 0.298 e. The third-order valence-electron chi connectivity index (χ3n) is 4.13. The lowest BCUT2D eigenvalue weighted by molar-refractivity contribution is -0.113. The molecular formula is C22H23NO4S. The number of nitrogens with zero attached hydrogens (tertiary/aromatic N) is 1. The molecule has 1 aliphatic heterocycles. The highest BCUT2D eigenvalue weighted by Gasteiger charge is 2.36. The van der Waals surface area contributed by atoms with Gasteiger partial charge in [0.05, 0.1) is 23.8 Å². The lowest BCUT2D eigenvalue weighted by atomic mass is 10.1. The van der Waals surface area contributed by atoms with E-state index in [0.717, 1.165) is 30.2 Å². The first-order valence-corrected chi connectivity index (χ1v) is 10.2. The van der Waals surface area contributed by atoms with Crippen molar-refractivity contribution in [2.24, 2.45) is 0 Å². The van der Waals surface area contributed by atoms with Crippen LogP contribution in [0.1, 0.15) is 32.3 Å². The number of ether oxygens (including phenoxy) is 2. The molecule has 2 amide bonds. The van der Waals surface area contributed by atoms with Crippen molar-refractivity contribution in [1.29, 1.82) is 0 Å². The zero-order chi connectivity index (χ0) is 19.9. The Balaban J connectivity index is 1.83. The Kier molecular flexibility index (Phi) is 6.76. The largest absolute Gasteiger partial charge is 0.490 e. The number of hydrogen-bond acceptors (Lipinski definition) is 5. The molecule has 6 heteroatoms. The lowest BCUT2D eigenvalue weighted by Crippen LogP contribution is -2.27. The number of unbranched alkanes of at least 4 members (excludes halogenated alkanes) is 1. The maximum atomic E-state index is 12.7. The molecule has 0 aromatic heterocycles. The van der Waals surface area contributed by atoms with Crippen molar-refractivity contribution in [2.75, 3.05) is 18.1 Å². The molecular weight excluding hydrogens is 374 g/mol. The fourth-order valence-electron chi connectivity index (χ4n) is 2.75. The van der Waals surface area contributed by atoms with Gasteiger partial charge >= 0.3 is 0 Å². The van der Waals surface area contributed by atoms with Crippen LogP contribution in [0.2, 0.25) is 0 Å². The van der Waals surface area contributed by atoms with Crippen LogP contribution in [0, 0.1) is 0 Å². The Labute approximate surface area is 169 Å². The van der Waals surface area contributed by atoms with E-state index in [1.165, 1.54) is 4.90 Å². The second kappa shape index (κ2) is 9.46. The van der Waals surface area contributed by atoms with Crippen LogP contribution in [0.15, 0.2) is 53.4 Å². The van der Waals surface area contributed by atoms with E-state index >= 15 is 0 Å². The van der Waals surface area contributed by atoms with Gasteiger partial charge in [-0.3, -0.25) is 9.59 Å². The van der Waals surface area contributed by atoms with Crippen molar-refractivity contribution in [1.82, 2.24) is 0 Å². The number of benzene rings is 2. The van der Waals surface area contributed by atoms with Crippen LogP contribution in [0.5, 0.6) is 11.5 Å². The Morgan fingerprint density at radius 1 is 1.00 bits per heavy atom. The predicted octanol–water partition coefficient (Wildman–Crippen LogP) is 5.51. The molecule has 2 aromatic rings. The van der Waals surface area contributed by atoms with Gasteiger partial charge in [-0.2, -0.15) is 0 Å². The van der Waals surface area contributed by atoms with Crippen molar-refractivity contribution in [3.63, 3.8) is 0 Å². The second-order valence-corrected chi connectivity index (χ2v) is 7.19.